The molecule has 1 aromatic rings. The fourth-order valence-electron chi connectivity index (χ4n) is 1.81. The van der Waals surface area contributed by atoms with Crippen molar-refractivity contribution in [1.82, 2.24) is 10.0 Å². The van der Waals surface area contributed by atoms with Crippen molar-refractivity contribution in [2.45, 2.75) is 6.92 Å². The van der Waals surface area contributed by atoms with Crippen molar-refractivity contribution in [3.8, 4) is 0 Å². The number of benzene rings is 1. The Bertz CT molecular complexity index is 452. The van der Waals surface area contributed by atoms with E-state index in [1.807, 2.05) is 13.0 Å². The third-order valence-electron chi connectivity index (χ3n) is 2.50. The molecule has 0 spiro atoms. The Kier molecular flexibility index (Phi) is 2.08. The van der Waals surface area contributed by atoms with Gasteiger partial charge in [-0.3, -0.25) is 9.59 Å². The first kappa shape index (κ1) is 9.86. The molecule has 0 N–H and O–H groups in total. The minimum Gasteiger partial charge on any atom is -0.267 e. The first-order valence-corrected chi connectivity index (χ1v) is 4.69. The molecule has 2 amide bonds. The third kappa shape index (κ3) is 1.26. The van der Waals surface area contributed by atoms with Gasteiger partial charge in [0.1, 0.15) is 0 Å². The molecular formula is C11H12N2O2. The van der Waals surface area contributed by atoms with Crippen LogP contribution in [0.4, 0.5) is 0 Å². The van der Waals surface area contributed by atoms with E-state index in [2.05, 4.69) is 0 Å². The molecule has 0 unspecified atom stereocenters. The van der Waals surface area contributed by atoms with Gasteiger partial charge in [0.2, 0.25) is 0 Å². The molecule has 0 saturated carbocycles. The number of carbonyl (C=O) groups is 2. The average Bonchev–Trinajstić information content (AvgIpc) is 2.40. The lowest BCUT2D eigenvalue weighted by Crippen LogP contribution is -2.41. The van der Waals surface area contributed by atoms with E-state index in [9.17, 15) is 9.59 Å². The van der Waals surface area contributed by atoms with Crippen molar-refractivity contribution >= 4 is 11.8 Å². The standard InChI is InChI=1S/C11H12N2O2/c1-7-5-4-6-8-9(7)11(15)13(10(8)14)12(2)3/h4-6H,1-3H3. The van der Waals surface area contributed by atoms with Gasteiger partial charge in [0.25, 0.3) is 11.8 Å². The van der Waals surface area contributed by atoms with Crippen molar-refractivity contribution in [3.05, 3.63) is 34.9 Å². The van der Waals surface area contributed by atoms with Crippen LogP contribution in [0.2, 0.25) is 0 Å². The number of imide groups is 1. The summed E-state index contributed by atoms with van der Waals surface area (Å²) in [5.41, 5.74) is 1.86. The number of hydrazine groups is 1. The van der Waals surface area contributed by atoms with Crippen molar-refractivity contribution in [2.24, 2.45) is 0 Å². The highest BCUT2D eigenvalue weighted by molar-refractivity contribution is 6.21. The van der Waals surface area contributed by atoms with Gasteiger partial charge in [0.15, 0.2) is 0 Å². The minimum absolute atomic E-state index is 0.238. The summed E-state index contributed by atoms with van der Waals surface area (Å²) in [5, 5.41) is 2.65. The summed E-state index contributed by atoms with van der Waals surface area (Å²) >= 11 is 0. The van der Waals surface area contributed by atoms with E-state index in [1.165, 1.54) is 5.01 Å². The predicted octanol–water partition coefficient (Wildman–Crippen LogP) is 1.07. The maximum absolute atomic E-state index is 11.9. The van der Waals surface area contributed by atoms with E-state index < -0.39 is 0 Å². The maximum Gasteiger partial charge on any atom is 0.276 e. The molecule has 15 heavy (non-hydrogen) atoms. The van der Waals surface area contributed by atoms with Gasteiger partial charge >= 0.3 is 0 Å². The lowest BCUT2D eigenvalue weighted by Gasteiger charge is -2.20. The van der Waals surface area contributed by atoms with Crippen LogP contribution in [0.1, 0.15) is 26.3 Å². The van der Waals surface area contributed by atoms with Crippen LogP contribution in [0, 0.1) is 6.92 Å². The van der Waals surface area contributed by atoms with Crippen LogP contribution < -0.4 is 0 Å². The number of carbonyl (C=O) groups excluding carboxylic acids is 2. The van der Waals surface area contributed by atoms with Gasteiger partial charge in [-0.25, -0.2) is 10.0 Å². The van der Waals surface area contributed by atoms with Crippen LogP contribution in [0.3, 0.4) is 0 Å². The second kappa shape index (κ2) is 3.17. The number of rotatable bonds is 1. The SMILES string of the molecule is Cc1cccc2c1C(=O)N(N(C)C)C2=O. The Hall–Kier alpha value is -1.68. The van der Waals surface area contributed by atoms with E-state index in [0.717, 1.165) is 10.6 Å². The van der Waals surface area contributed by atoms with Crippen LogP contribution in [-0.4, -0.2) is 35.9 Å². The van der Waals surface area contributed by atoms with Gasteiger partial charge in [0.05, 0.1) is 11.1 Å². The van der Waals surface area contributed by atoms with Gasteiger partial charge in [-0.2, -0.15) is 0 Å². The summed E-state index contributed by atoms with van der Waals surface area (Å²) in [6, 6.07) is 5.31. The molecule has 1 aliphatic rings. The lowest BCUT2D eigenvalue weighted by molar-refractivity contribution is 0.0234. The van der Waals surface area contributed by atoms with E-state index in [-0.39, 0.29) is 11.8 Å². The molecule has 0 bridgehead atoms. The average molecular weight is 204 g/mol. The lowest BCUT2D eigenvalue weighted by atomic mass is 10.0. The van der Waals surface area contributed by atoms with Crippen molar-refractivity contribution < 1.29 is 9.59 Å². The molecule has 0 aliphatic carbocycles. The minimum atomic E-state index is -0.247. The zero-order valence-electron chi connectivity index (χ0n) is 8.94. The molecule has 4 heteroatoms. The smallest absolute Gasteiger partial charge is 0.267 e. The van der Waals surface area contributed by atoms with E-state index >= 15 is 0 Å². The van der Waals surface area contributed by atoms with Gasteiger partial charge in [-0.05, 0) is 18.6 Å². The highest BCUT2D eigenvalue weighted by Crippen LogP contribution is 2.25. The molecule has 0 aromatic heterocycles. The van der Waals surface area contributed by atoms with Crippen molar-refractivity contribution in [2.75, 3.05) is 14.1 Å². The number of hydrogen-bond donors (Lipinski definition) is 0. The number of fused-ring (bicyclic) bond motifs is 1. The number of aryl methyl sites for hydroxylation is 1. The molecule has 4 nitrogen and oxygen atoms in total. The number of amides is 2. The fourth-order valence-corrected chi connectivity index (χ4v) is 1.81. The summed E-state index contributed by atoms with van der Waals surface area (Å²) < 4.78 is 0. The van der Waals surface area contributed by atoms with E-state index in [0.29, 0.717) is 11.1 Å². The maximum atomic E-state index is 11.9. The van der Waals surface area contributed by atoms with Gasteiger partial charge in [0, 0.05) is 14.1 Å². The number of hydrogen-bond acceptors (Lipinski definition) is 3. The van der Waals surface area contributed by atoms with Gasteiger partial charge in [-0.1, -0.05) is 12.1 Å². The van der Waals surface area contributed by atoms with Gasteiger partial charge in [-0.15, -0.1) is 0 Å². The second-order valence-corrected chi connectivity index (χ2v) is 3.77. The highest BCUT2D eigenvalue weighted by atomic mass is 16.2. The predicted molar refractivity (Wildman–Crippen MR) is 55.4 cm³/mol. The van der Waals surface area contributed by atoms with Gasteiger partial charge < -0.3 is 0 Å². The van der Waals surface area contributed by atoms with Crippen molar-refractivity contribution in [1.29, 1.82) is 0 Å². The molecule has 0 radical (unpaired) electrons. The second-order valence-electron chi connectivity index (χ2n) is 3.77. The molecule has 2 rings (SSSR count). The van der Waals surface area contributed by atoms with E-state index in [1.54, 1.807) is 26.2 Å². The molecule has 0 saturated heterocycles. The van der Waals surface area contributed by atoms with Crippen LogP contribution in [0.25, 0.3) is 0 Å². The summed E-state index contributed by atoms with van der Waals surface area (Å²) in [7, 11) is 3.36. The zero-order valence-corrected chi connectivity index (χ0v) is 8.94. The molecule has 0 fully saturated rings. The topological polar surface area (TPSA) is 40.6 Å². The van der Waals surface area contributed by atoms with Crippen LogP contribution >= 0.6 is 0 Å². The zero-order chi connectivity index (χ0) is 11.2. The molecule has 0 atom stereocenters. The normalized spacial score (nSPS) is 15.1. The van der Waals surface area contributed by atoms with Crippen LogP contribution in [-0.2, 0) is 0 Å². The Morgan fingerprint density at radius 2 is 1.80 bits per heavy atom. The summed E-state index contributed by atoms with van der Waals surface area (Å²) in [6.07, 6.45) is 0. The first-order valence-electron chi connectivity index (χ1n) is 4.69. The fraction of sp³-hybridized carbons (Fsp3) is 0.273. The summed E-state index contributed by atoms with van der Waals surface area (Å²) in [5.74, 6) is -0.484. The molecule has 1 heterocycles. The molecule has 78 valence electrons. The van der Waals surface area contributed by atoms with Crippen LogP contribution in [0.5, 0.6) is 0 Å². The highest BCUT2D eigenvalue weighted by Gasteiger charge is 2.37. The van der Waals surface area contributed by atoms with E-state index in [4.69, 9.17) is 0 Å². The molecular weight excluding hydrogens is 192 g/mol. The first-order chi connectivity index (χ1) is 7.04. The largest absolute Gasteiger partial charge is 0.276 e. The number of nitrogens with zero attached hydrogens (tertiary/aromatic N) is 2. The van der Waals surface area contributed by atoms with Crippen molar-refractivity contribution in [3.63, 3.8) is 0 Å². The Balaban J connectivity index is 2.61. The Morgan fingerprint density at radius 1 is 1.13 bits per heavy atom. The Morgan fingerprint density at radius 3 is 2.33 bits per heavy atom. The molecule has 1 aliphatic heterocycles. The molecule has 1 aromatic carbocycles. The summed E-state index contributed by atoms with van der Waals surface area (Å²) in [6.45, 7) is 1.84. The quantitative estimate of drug-likeness (QED) is 0.642. The summed E-state index contributed by atoms with van der Waals surface area (Å²) in [4.78, 5) is 23.8. The Labute approximate surface area is 88.1 Å². The monoisotopic (exact) mass is 204 g/mol. The van der Waals surface area contributed by atoms with Crippen LogP contribution in [0.15, 0.2) is 18.2 Å². The third-order valence-corrected chi connectivity index (χ3v) is 2.50.